The maximum atomic E-state index is 13.8. The maximum Gasteiger partial charge on any atom is 0.175 e. The van der Waals surface area contributed by atoms with Gasteiger partial charge in [-0.3, -0.25) is 4.79 Å². The van der Waals surface area contributed by atoms with Crippen LogP contribution in [0.15, 0.2) is 0 Å². The van der Waals surface area contributed by atoms with Crippen LogP contribution in [0.5, 0.6) is 0 Å². The molecule has 0 aromatic heterocycles. The van der Waals surface area contributed by atoms with Gasteiger partial charge in [0.25, 0.3) is 0 Å². The Morgan fingerprint density at radius 3 is 2.61 bits per heavy atom. The average Bonchev–Trinajstić information content (AvgIpc) is 3.01. The highest BCUT2D eigenvalue weighted by atomic mass is 35.5. The van der Waals surface area contributed by atoms with Crippen molar-refractivity contribution in [3.8, 4) is 0 Å². The average molecular weight is 416 g/mol. The van der Waals surface area contributed by atoms with E-state index in [0.29, 0.717) is 12.5 Å². The van der Waals surface area contributed by atoms with Gasteiger partial charge in [0.2, 0.25) is 0 Å². The van der Waals surface area contributed by atoms with Gasteiger partial charge in [-0.25, -0.2) is 0 Å². The third-order valence-corrected chi connectivity index (χ3v) is 8.53. The summed E-state index contributed by atoms with van der Waals surface area (Å²) in [6, 6.07) is 0.718. The minimum Gasteiger partial charge on any atom is -0.389 e. The Labute approximate surface area is 172 Å². The molecule has 11 atom stereocenters. The molecule has 0 amide bonds. The zero-order chi connectivity index (χ0) is 20.2. The number of aliphatic hydroxyl groups is 1. The molecule has 9 unspecified atom stereocenters. The number of carbonyl (C=O) groups excluding carboxylic acids is 1. The largest absolute Gasteiger partial charge is 0.389 e. The standard InChI is InChI=1S/C21H34ClNO5/c1-5-11-6-7-12-13(23-11)8-10(2)21(19(12)24)20(25)16-14(26-3)9-15(27-4)17(22)18(16)28-21/h10-19,23-24H,5-9H2,1-4H3/t10-,11?,12?,13?,14?,15?,16?,17?,18?,19?,21+/m1/s1. The molecule has 4 rings (SSSR count). The van der Waals surface area contributed by atoms with E-state index < -0.39 is 29.1 Å². The molecule has 4 fully saturated rings. The molecule has 2 saturated heterocycles. The highest BCUT2D eigenvalue weighted by Crippen LogP contribution is 2.53. The second kappa shape index (κ2) is 7.78. The lowest BCUT2D eigenvalue weighted by molar-refractivity contribution is -0.199. The van der Waals surface area contributed by atoms with Gasteiger partial charge in [-0.1, -0.05) is 13.8 Å². The zero-order valence-corrected chi connectivity index (χ0v) is 18.0. The fourth-order valence-corrected chi connectivity index (χ4v) is 6.80. The summed E-state index contributed by atoms with van der Waals surface area (Å²) in [4.78, 5) is 13.8. The number of fused-ring (bicyclic) bond motifs is 2. The molecular formula is C21H34ClNO5. The minimum absolute atomic E-state index is 0.0242. The summed E-state index contributed by atoms with van der Waals surface area (Å²) < 4.78 is 17.7. The molecule has 0 aromatic carbocycles. The second-order valence-corrected chi connectivity index (χ2v) is 9.70. The van der Waals surface area contributed by atoms with E-state index in [9.17, 15) is 9.90 Å². The number of hydrogen-bond donors (Lipinski definition) is 2. The second-order valence-electron chi connectivity index (χ2n) is 9.20. The number of aliphatic hydroxyl groups excluding tert-OH is 1. The summed E-state index contributed by atoms with van der Waals surface area (Å²) in [5.41, 5.74) is -1.19. The van der Waals surface area contributed by atoms with E-state index in [1.165, 1.54) is 0 Å². The molecule has 0 radical (unpaired) electrons. The molecule has 2 heterocycles. The number of nitrogens with one attached hydrogen (secondary N) is 1. The first-order valence-electron chi connectivity index (χ1n) is 10.7. The van der Waals surface area contributed by atoms with E-state index in [-0.39, 0.29) is 35.9 Å². The topological polar surface area (TPSA) is 77.0 Å². The molecule has 0 bridgehead atoms. The van der Waals surface area contributed by atoms with E-state index in [1.54, 1.807) is 14.2 Å². The number of carbonyl (C=O) groups is 1. The fourth-order valence-electron chi connectivity index (χ4n) is 6.38. The number of piperidine rings is 1. The van der Waals surface area contributed by atoms with E-state index in [2.05, 4.69) is 12.2 Å². The molecule has 1 spiro atoms. The number of rotatable bonds is 3. The Kier molecular flexibility index (Phi) is 5.84. The van der Waals surface area contributed by atoms with Crippen LogP contribution < -0.4 is 5.32 Å². The first-order chi connectivity index (χ1) is 13.4. The van der Waals surface area contributed by atoms with Crippen LogP contribution in [0.1, 0.15) is 46.0 Å². The lowest BCUT2D eigenvalue weighted by Gasteiger charge is -2.52. The van der Waals surface area contributed by atoms with Gasteiger partial charge >= 0.3 is 0 Å². The van der Waals surface area contributed by atoms with Crippen molar-refractivity contribution in [3.63, 3.8) is 0 Å². The van der Waals surface area contributed by atoms with Gasteiger partial charge in [0.1, 0.15) is 0 Å². The normalized spacial score (nSPS) is 53.9. The summed E-state index contributed by atoms with van der Waals surface area (Å²) in [5.74, 6) is -0.545. The number of ether oxygens (including phenoxy) is 3. The Morgan fingerprint density at radius 2 is 1.96 bits per heavy atom. The molecule has 7 heteroatoms. The van der Waals surface area contributed by atoms with Gasteiger partial charge in [0.05, 0.1) is 35.7 Å². The van der Waals surface area contributed by atoms with E-state index in [0.717, 1.165) is 25.7 Å². The lowest BCUT2D eigenvalue weighted by Crippen LogP contribution is -2.67. The molecule has 2 aliphatic heterocycles. The minimum atomic E-state index is -1.19. The first-order valence-corrected chi connectivity index (χ1v) is 11.2. The predicted octanol–water partition coefficient (Wildman–Crippen LogP) is 1.90. The number of Topliss-reactive ketones (excluding diaryl/α,β-unsaturated/α-hetero) is 1. The van der Waals surface area contributed by atoms with Crippen LogP contribution in [-0.4, -0.2) is 72.6 Å². The number of methoxy groups -OCH3 is 2. The van der Waals surface area contributed by atoms with Crippen molar-refractivity contribution < 1.29 is 24.1 Å². The maximum absolute atomic E-state index is 13.8. The van der Waals surface area contributed by atoms with Crippen molar-refractivity contribution in [2.75, 3.05) is 14.2 Å². The van der Waals surface area contributed by atoms with Crippen molar-refractivity contribution in [2.24, 2.45) is 17.8 Å². The van der Waals surface area contributed by atoms with Gasteiger partial charge < -0.3 is 24.6 Å². The van der Waals surface area contributed by atoms with Crippen LogP contribution in [0.25, 0.3) is 0 Å². The van der Waals surface area contributed by atoms with Gasteiger partial charge in [0.15, 0.2) is 11.4 Å². The molecule has 2 saturated carbocycles. The van der Waals surface area contributed by atoms with Crippen molar-refractivity contribution in [1.82, 2.24) is 5.32 Å². The molecule has 4 aliphatic rings. The summed E-state index contributed by atoms with van der Waals surface area (Å²) in [6.07, 6.45) is 2.54. The van der Waals surface area contributed by atoms with Gasteiger partial charge in [-0.05, 0) is 31.6 Å². The highest BCUT2D eigenvalue weighted by Gasteiger charge is 2.69. The molecular weight excluding hydrogens is 382 g/mol. The van der Waals surface area contributed by atoms with Crippen LogP contribution in [0.3, 0.4) is 0 Å². The third kappa shape index (κ3) is 2.90. The van der Waals surface area contributed by atoms with Gasteiger partial charge in [-0.2, -0.15) is 0 Å². The molecule has 6 nitrogen and oxygen atoms in total. The zero-order valence-electron chi connectivity index (χ0n) is 17.3. The lowest BCUT2D eigenvalue weighted by atomic mass is 9.61. The van der Waals surface area contributed by atoms with Crippen LogP contribution >= 0.6 is 11.6 Å². The number of alkyl halides is 1. The molecule has 28 heavy (non-hydrogen) atoms. The van der Waals surface area contributed by atoms with Crippen molar-refractivity contribution in [1.29, 1.82) is 0 Å². The molecule has 0 aromatic rings. The number of hydrogen-bond acceptors (Lipinski definition) is 6. The monoisotopic (exact) mass is 415 g/mol. The van der Waals surface area contributed by atoms with Crippen LogP contribution in [-0.2, 0) is 19.0 Å². The highest BCUT2D eigenvalue weighted by molar-refractivity contribution is 6.22. The molecule has 2 aliphatic carbocycles. The predicted molar refractivity (Wildman–Crippen MR) is 105 cm³/mol. The Bertz CT molecular complexity index is 605. The Morgan fingerprint density at radius 1 is 1.25 bits per heavy atom. The van der Waals surface area contributed by atoms with Crippen molar-refractivity contribution in [2.45, 2.75) is 93.4 Å². The van der Waals surface area contributed by atoms with E-state index >= 15 is 0 Å². The Hall–Kier alpha value is -0.240. The van der Waals surface area contributed by atoms with E-state index in [4.69, 9.17) is 25.8 Å². The SMILES string of the molecule is CCC1CCC2C(C[C@@H](C)[C@]3(OC4C(Cl)C(OC)CC(OC)C4C3=O)C2O)N1. The smallest absolute Gasteiger partial charge is 0.175 e. The van der Waals surface area contributed by atoms with Crippen LogP contribution in [0.4, 0.5) is 0 Å². The van der Waals surface area contributed by atoms with Crippen molar-refractivity contribution in [3.05, 3.63) is 0 Å². The molecule has 160 valence electrons. The van der Waals surface area contributed by atoms with Gasteiger partial charge in [0, 0.05) is 38.6 Å². The fraction of sp³-hybridized carbons (Fsp3) is 0.952. The quantitative estimate of drug-likeness (QED) is 0.685. The third-order valence-electron chi connectivity index (χ3n) is 8.00. The van der Waals surface area contributed by atoms with Crippen molar-refractivity contribution >= 4 is 17.4 Å². The summed E-state index contributed by atoms with van der Waals surface area (Å²) in [6.45, 7) is 4.22. The molecule has 2 N–H and O–H groups in total. The first kappa shape index (κ1) is 21.0. The number of ketones is 1. The summed E-state index contributed by atoms with van der Waals surface area (Å²) in [7, 11) is 3.24. The number of halogens is 1. The summed E-state index contributed by atoms with van der Waals surface area (Å²) >= 11 is 6.69. The Balaban J connectivity index is 1.65. The van der Waals surface area contributed by atoms with Crippen LogP contribution in [0, 0.1) is 17.8 Å². The van der Waals surface area contributed by atoms with E-state index in [1.807, 2.05) is 6.92 Å². The summed E-state index contributed by atoms with van der Waals surface area (Å²) in [5, 5.41) is 14.7. The van der Waals surface area contributed by atoms with Crippen LogP contribution in [0.2, 0.25) is 0 Å². The van der Waals surface area contributed by atoms with Gasteiger partial charge in [-0.15, -0.1) is 11.6 Å².